The van der Waals surface area contributed by atoms with Crippen molar-refractivity contribution in [2.45, 2.75) is 20.8 Å². The maximum absolute atomic E-state index is 10.4. The molecule has 0 aliphatic heterocycles. The first kappa shape index (κ1) is 18.1. The van der Waals surface area contributed by atoms with Crippen LogP contribution in [0.15, 0.2) is 48.7 Å². The van der Waals surface area contributed by atoms with Crippen molar-refractivity contribution >= 4 is 11.6 Å². The van der Waals surface area contributed by atoms with E-state index < -0.39 is 0 Å². The van der Waals surface area contributed by atoms with Crippen molar-refractivity contribution in [3.63, 3.8) is 0 Å². The highest BCUT2D eigenvalue weighted by atomic mass is 35.5. The van der Waals surface area contributed by atoms with Gasteiger partial charge in [-0.2, -0.15) is 5.10 Å². The van der Waals surface area contributed by atoms with Crippen molar-refractivity contribution < 1.29 is 5.11 Å². The Kier molecular flexibility index (Phi) is 4.80. The van der Waals surface area contributed by atoms with Crippen LogP contribution in [0.25, 0.3) is 22.4 Å². The first-order valence-electron chi connectivity index (χ1n) is 8.39. The average Bonchev–Trinajstić information content (AvgIpc) is 2.93. The topological polar surface area (TPSA) is 38.0 Å². The summed E-state index contributed by atoms with van der Waals surface area (Å²) >= 11 is 6.11. The van der Waals surface area contributed by atoms with E-state index in [-0.39, 0.29) is 11.2 Å². The molecular formula is C22H21ClN2O. The zero-order chi connectivity index (χ0) is 18.9. The summed E-state index contributed by atoms with van der Waals surface area (Å²) in [7, 11) is 1.85. The minimum atomic E-state index is -0.113. The van der Waals surface area contributed by atoms with Crippen LogP contribution in [0.2, 0.25) is 5.02 Å². The first-order valence-corrected chi connectivity index (χ1v) is 8.77. The number of phenolic OH excluding ortho intramolecular Hbond substituents is 1. The van der Waals surface area contributed by atoms with E-state index in [1.165, 1.54) is 0 Å². The van der Waals surface area contributed by atoms with Crippen molar-refractivity contribution in [2.75, 3.05) is 0 Å². The third-order valence-corrected chi connectivity index (χ3v) is 4.05. The average molecular weight is 365 g/mol. The molecule has 0 saturated carbocycles. The maximum atomic E-state index is 10.4. The molecule has 0 atom stereocenters. The van der Waals surface area contributed by atoms with Gasteiger partial charge in [0.2, 0.25) is 0 Å². The number of halogens is 1. The Morgan fingerprint density at radius 3 is 2.50 bits per heavy atom. The molecule has 0 fully saturated rings. The second-order valence-electron chi connectivity index (χ2n) is 7.31. The van der Waals surface area contributed by atoms with Crippen LogP contribution in [-0.4, -0.2) is 14.9 Å². The van der Waals surface area contributed by atoms with Crippen molar-refractivity contribution in [1.29, 1.82) is 0 Å². The smallest absolute Gasteiger partial charge is 0.125 e. The predicted molar refractivity (Wildman–Crippen MR) is 107 cm³/mol. The molecule has 1 heterocycles. The number of hydrogen-bond donors (Lipinski definition) is 1. The lowest BCUT2D eigenvalue weighted by Gasteiger charge is -2.08. The number of aryl methyl sites for hydroxylation is 1. The molecule has 1 aromatic heterocycles. The molecule has 2 aromatic carbocycles. The summed E-state index contributed by atoms with van der Waals surface area (Å²) in [5, 5.41) is 15.6. The van der Waals surface area contributed by atoms with Crippen LogP contribution in [0, 0.1) is 17.3 Å². The van der Waals surface area contributed by atoms with Crippen LogP contribution in [0.3, 0.4) is 0 Å². The SMILES string of the molecule is Cn1cc(C#CC(C)(C)C)c(-c2cc(-c3cccc(Cl)c3)ccc2O)n1. The molecule has 0 saturated heterocycles. The fourth-order valence-corrected chi connectivity index (χ4v) is 2.80. The zero-order valence-electron chi connectivity index (χ0n) is 15.3. The van der Waals surface area contributed by atoms with Gasteiger partial charge in [0, 0.05) is 29.2 Å². The van der Waals surface area contributed by atoms with Crippen LogP contribution < -0.4 is 0 Å². The lowest BCUT2D eigenvalue weighted by atomic mass is 9.96. The molecule has 0 aliphatic rings. The molecule has 0 aliphatic carbocycles. The van der Waals surface area contributed by atoms with Crippen LogP contribution in [0.4, 0.5) is 0 Å². The molecular weight excluding hydrogens is 344 g/mol. The minimum Gasteiger partial charge on any atom is -0.507 e. The molecule has 3 aromatic rings. The number of hydrogen-bond acceptors (Lipinski definition) is 2. The van der Waals surface area contributed by atoms with E-state index >= 15 is 0 Å². The Hall–Kier alpha value is -2.70. The third-order valence-electron chi connectivity index (χ3n) is 3.81. The molecule has 3 rings (SSSR count). The molecule has 132 valence electrons. The van der Waals surface area contributed by atoms with E-state index in [1.807, 2.05) is 49.6 Å². The summed E-state index contributed by atoms with van der Waals surface area (Å²) in [6.45, 7) is 6.19. The Balaban J connectivity index is 2.13. The third kappa shape index (κ3) is 4.09. The fourth-order valence-electron chi connectivity index (χ4n) is 2.61. The van der Waals surface area contributed by atoms with Crippen LogP contribution >= 0.6 is 11.6 Å². The van der Waals surface area contributed by atoms with Crippen molar-refractivity contribution in [3.05, 3.63) is 59.2 Å². The van der Waals surface area contributed by atoms with E-state index in [0.29, 0.717) is 16.3 Å². The van der Waals surface area contributed by atoms with Crippen LogP contribution in [-0.2, 0) is 7.05 Å². The molecule has 0 radical (unpaired) electrons. The van der Waals surface area contributed by atoms with Crippen molar-refractivity contribution in [1.82, 2.24) is 9.78 Å². The second-order valence-corrected chi connectivity index (χ2v) is 7.74. The van der Waals surface area contributed by atoms with Gasteiger partial charge in [0.1, 0.15) is 11.4 Å². The minimum absolute atomic E-state index is 0.113. The monoisotopic (exact) mass is 364 g/mol. The molecule has 4 heteroatoms. The van der Waals surface area contributed by atoms with E-state index in [0.717, 1.165) is 16.7 Å². The lowest BCUT2D eigenvalue weighted by Crippen LogP contribution is -1.99. The van der Waals surface area contributed by atoms with Gasteiger partial charge in [0.25, 0.3) is 0 Å². The molecule has 0 bridgehead atoms. The molecule has 3 nitrogen and oxygen atoms in total. The van der Waals surface area contributed by atoms with Gasteiger partial charge in [-0.25, -0.2) is 0 Å². The summed E-state index contributed by atoms with van der Waals surface area (Å²) < 4.78 is 1.72. The molecule has 0 amide bonds. The normalized spacial score (nSPS) is 11.1. The Labute approximate surface area is 159 Å². The molecule has 26 heavy (non-hydrogen) atoms. The summed E-state index contributed by atoms with van der Waals surface area (Å²) in [6, 6.07) is 13.1. The number of aromatic nitrogens is 2. The van der Waals surface area contributed by atoms with Gasteiger partial charge in [-0.15, -0.1) is 0 Å². The largest absolute Gasteiger partial charge is 0.507 e. The first-order chi connectivity index (χ1) is 12.2. The Morgan fingerprint density at radius 2 is 1.81 bits per heavy atom. The summed E-state index contributed by atoms with van der Waals surface area (Å²) in [4.78, 5) is 0. The van der Waals surface area contributed by atoms with E-state index in [1.54, 1.807) is 10.7 Å². The Morgan fingerprint density at radius 1 is 1.08 bits per heavy atom. The van der Waals surface area contributed by atoms with Gasteiger partial charge in [-0.05, 0) is 56.2 Å². The number of aromatic hydroxyl groups is 1. The van der Waals surface area contributed by atoms with Crippen molar-refractivity contribution in [2.24, 2.45) is 12.5 Å². The molecule has 0 unspecified atom stereocenters. The fraction of sp³-hybridized carbons (Fsp3) is 0.227. The van der Waals surface area contributed by atoms with Gasteiger partial charge in [0.15, 0.2) is 0 Å². The van der Waals surface area contributed by atoms with Gasteiger partial charge < -0.3 is 5.11 Å². The van der Waals surface area contributed by atoms with Crippen molar-refractivity contribution in [3.8, 4) is 40.0 Å². The molecule has 0 spiro atoms. The second kappa shape index (κ2) is 6.90. The molecule has 1 N–H and O–H groups in total. The van der Waals surface area contributed by atoms with E-state index in [9.17, 15) is 5.11 Å². The highest BCUT2D eigenvalue weighted by molar-refractivity contribution is 6.30. The summed E-state index contributed by atoms with van der Waals surface area (Å²) in [5.41, 5.74) is 3.95. The zero-order valence-corrected chi connectivity index (χ0v) is 16.1. The summed E-state index contributed by atoms with van der Waals surface area (Å²) in [6.07, 6.45) is 1.87. The standard InChI is InChI=1S/C22H21ClN2O/c1-22(2,3)11-10-17-14-25(4)24-21(17)19-13-16(8-9-20(19)26)15-6-5-7-18(23)12-15/h5-9,12-14,26H,1-4H3. The predicted octanol–water partition coefficient (Wildman–Crippen LogP) is 5.51. The quantitative estimate of drug-likeness (QED) is 0.609. The summed E-state index contributed by atoms with van der Waals surface area (Å²) in [5.74, 6) is 6.61. The number of phenols is 1. The number of rotatable bonds is 2. The van der Waals surface area contributed by atoms with Crippen LogP contribution in [0.5, 0.6) is 5.75 Å². The van der Waals surface area contributed by atoms with Gasteiger partial charge in [0.05, 0.1) is 5.56 Å². The Bertz CT molecular complexity index is 1020. The van der Waals surface area contributed by atoms with E-state index in [4.69, 9.17) is 11.6 Å². The van der Waals surface area contributed by atoms with Gasteiger partial charge in [-0.3, -0.25) is 4.68 Å². The van der Waals surface area contributed by atoms with E-state index in [2.05, 4.69) is 37.7 Å². The highest BCUT2D eigenvalue weighted by Gasteiger charge is 2.15. The number of benzene rings is 2. The number of nitrogens with zero attached hydrogens (tertiary/aromatic N) is 2. The van der Waals surface area contributed by atoms with Gasteiger partial charge >= 0.3 is 0 Å². The lowest BCUT2D eigenvalue weighted by molar-refractivity contribution is 0.477. The van der Waals surface area contributed by atoms with Gasteiger partial charge in [-0.1, -0.05) is 41.6 Å². The van der Waals surface area contributed by atoms with Crippen LogP contribution in [0.1, 0.15) is 26.3 Å². The highest BCUT2D eigenvalue weighted by Crippen LogP contribution is 2.35. The maximum Gasteiger partial charge on any atom is 0.125 e.